The minimum Gasteiger partial charge on any atom is -0.382 e. The normalized spacial score (nSPS) is 21.3. The highest BCUT2D eigenvalue weighted by Crippen LogP contribution is 2.41. The van der Waals surface area contributed by atoms with E-state index in [1.54, 1.807) is 0 Å². The van der Waals surface area contributed by atoms with Crippen LogP contribution in [0.25, 0.3) is 0 Å². The molecule has 0 radical (unpaired) electrons. The highest BCUT2D eigenvalue weighted by Gasteiger charge is 2.41. The van der Waals surface area contributed by atoms with Crippen LogP contribution in [0.5, 0.6) is 0 Å². The number of anilines is 2. The number of nitrogens with one attached hydrogen (secondary N) is 2. The number of hydrogen-bond acceptors (Lipinski definition) is 2. The summed E-state index contributed by atoms with van der Waals surface area (Å²) in [5.74, 6) is -0.512. The lowest BCUT2D eigenvalue weighted by molar-refractivity contribution is -0.126. The van der Waals surface area contributed by atoms with E-state index in [0.717, 1.165) is 25.7 Å². The van der Waals surface area contributed by atoms with Gasteiger partial charge in [-0.15, -0.1) is 0 Å². The monoisotopic (exact) mass is 282 g/mol. The van der Waals surface area contributed by atoms with Gasteiger partial charge in [-0.05, 0) is 18.9 Å². The number of hydrogen-bond donors (Lipinski definition) is 2. The molecule has 5 heteroatoms. The Morgan fingerprint density at radius 3 is 2.63 bits per heavy atom. The molecule has 1 aliphatic heterocycles. The lowest BCUT2D eigenvalue weighted by atomic mass is 9.73. The number of benzene rings is 1. The molecule has 2 aliphatic rings. The van der Waals surface area contributed by atoms with E-state index in [-0.39, 0.29) is 16.3 Å². The van der Waals surface area contributed by atoms with Crippen molar-refractivity contribution in [2.75, 3.05) is 17.2 Å². The number of rotatable bonds is 0. The van der Waals surface area contributed by atoms with Crippen molar-refractivity contribution in [3.05, 3.63) is 23.0 Å². The second-order valence-corrected chi connectivity index (χ2v) is 5.87. The SMILES string of the molecule is O=C1Nc2cc(F)c(Cl)cc2NCC12CCCCC2. The second-order valence-electron chi connectivity index (χ2n) is 5.46. The average molecular weight is 283 g/mol. The van der Waals surface area contributed by atoms with Crippen molar-refractivity contribution in [3.8, 4) is 0 Å². The van der Waals surface area contributed by atoms with Crippen LogP contribution in [0.15, 0.2) is 12.1 Å². The van der Waals surface area contributed by atoms with Crippen molar-refractivity contribution in [2.45, 2.75) is 32.1 Å². The van der Waals surface area contributed by atoms with E-state index in [2.05, 4.69) is 10.6 Å². The summed E-state index contributed by atoms with van der Waals surface area (Å²) in [4.78, 5) is 12.4. The van der Waals surface area contributed by atoms with E-state index >= 15 is 0 Å². The van der Waals surface area contributed by atoms with Crippen molar-refractivity contribution in [1.82, 2.24) is 0 Å². The highest BCUT2D eigenvalue weighted by molar-refractivity contribution is 6.31. The first kappa shape index (κ1) is 12.7. The molecule has 3 nitrogen and oxygen atoms in total. The summed E-state index contributed by atoms with van der Waals surface area (Å²) in [6.07, 6.45) is 5.09. The molecule has 102 valence electrons. The first-order chi connectivity index (χ1) is 9.11. The zero-order valence-electron chi connectivity index (χ0n) is 10.6. The maximum Gasteiger partial charge on any atom is 0.232 e. The van der Waals surface area contributed by atoms with Gasteiger partial charge in [0.25, 0.3) is 0 Å². The Bertz CT molecular complexity index is 526. The van der Waals surface area contributed by atoms with Gasteiger partial charge in [0.1, 0.15) is 5.82 Å². The molecule has 1 heterocycles. The van der Waals surface area contributed by atoms with E-state index in [9.17, 15) is 9.18 Å². The van der Waals surface area contributed by atoms with Crippen LogP contribution in [-0.4, -0.2) is 12.5 Å². The Balaban J connectivity index is 1.95. The van der Waals surface area contributed by atoms with Gasteiger partial charge in [-0.3, -0.25) is 4.79 Å². The lowest BCUT2D eigenvalue weighted by Gasteiger charge is -2.34. The van der Waals surface area contributed by atoms with Gasteiger partial charge < -0.3 is 10.6 Å². The number of halogens is 2. The predicted molar refractivity (Wildman–Crippen MR) is 74.0 cm³/mol. The molecule has 0 bridgehead atoms. The minimum absolute atomic E-state index is 0.000160. The standard InChI is InChI=1S/C14H16ClFN2O/c15-9-6-11-12(7-10(9)16)18-13(19)14(8-17-11)4-2-1-3-5-14/h6-7,17H,1-5,8H2,(H,18,19). The topological polar surface area (TPSA) is 41.1 Å². The summed E-state index contributed by atoms with van der Waals surface area (Å²) in [5.41, 5.74) is 0.816. The smallest absolute Gasteiger partial charge is 0.232 e. The van der Waals surface area contributed by atoms with Gasteiger partial charge in [0.15, 0.2) is 0 Å². The third-order valence-corrected chi connectivity index (χ3v) is 4.51. The van der Waals surface area contributed by atoms with Gasteiger partial charge in [-0.1, -0.05) is 30.9 Å². The molecule has 0 atom stereocenters. The van der Waals surface area contributed by atoms with Crippen LogP contribution in [0.2, 0.25) is 5.02 Å². The number of amides is 1. The van der Waals surface area contributed by atoms with Gasteiger partial charge in [-0.2, -0.15) is 0 Å². The Morgan fingerprint density at radius 1 is 1.16 bits per heavy atom. The molecule has 19 heavy (non-hydrogen) atoms. The first-order valence-electron chi connectivity index (χ1n) is 6.65. The van der Waals surface area contributed by atoms with Crippen LogP contribution in [-0.2, 0) is 4.79 Å². The minimum atomic E-state index is -0.512. The van der Waals surface area contributed by atoms with Crippen molar-refractivity contribution in [3.63, 3.8) is 0 Å². The summed E-state index contributed by atoms with van der Waals surface area (Å²) >= 11 is 5.78. The maximum atomic E-state index is 13.5. The Labute approximate surface area is 116 Å². The maximum absolute atomic E-state index is 13.5. The molecule has 1 spiro atoms. The van der Waals surface area contributed by atoms with Crippen LogP contribution in [0.4, 0.5) is 15.8 Å². The van der Waals surface area contributed by atoms with Crippen LogP contribution < -0.4 is 10.6 Å². The molecular weight excluding hydrogens is 267 g/mol. The third kappa shape index (κ3) is 2.18. The molecule has 0 unspecified atom stereocenters. The largest absolute Gasteiger partial charge is 0.382 e. The molecule has 1 aromatic carbocycles. The zero-order chi connectivity index (χ0) is 13.5. The van der Waals surface area contributed by atoms with Gasteiger partial charge >= 0.3 is 0 Å². The van der Waals surface area contributed by atoms with E-state index in [1.807, 2.05) is 0 Å². The molecule has 1 fully saturated rings. The number of carbonyl (C=O) groups excluding carboxylic acids is 1. The predicted octanol–water partition coefficient (Wildman–Crippen LogP) is 3.79. The average Bonchev–Trinajstić information content (AvgIpc) is 2.52. The fraction of sp³-hybridized carbons (Fsp3) is 0.500. The molecule has 2 N–H and O–H groups in total. The summed E-state index contributed by atoms with van der Waals surface area (Å²) in [6, 6.07) is 2.82. The van der Waals surface area contributed by atoms with Crippen molar-refractivity contribution >= 4 is 28.9 Å². The Morgan fingerprint density at radius 2 is 1.89 bits per heavy atom. The lowest BCUT2D eigenvalue weighted by Crippen LogP contribution is -2.41. The molecule has 1 aromatic rings. The number of carbonyl (C=O) groups is 1. The van der Waals surface area contributed by atoms with E-state index < -0.39 is 5.82 Å². The second kappa shape index (κ2) is 4.67. The summed E-state index contributed by atoms with van der Waals surface area (Å²) in [7, 11) is 0. The van der Waals surface area contributed by atoms with E-state index in [0.29, 0.717) is 17.9 Å². The first-order valence-corrected chi connectivity index (χ1v) is 7.03. The van der Waals surface area contributed by atoms with Gasteiger partial charge in [0, 0.05) is 12.6 Å². The summed E-state index contributed by atoms with van der Waals surface area (Å²) in [5, 5.41) is 6.17. The quantitative estimate of drug-likeness (QED) is 0.760. The molecule has 1 aliphatic carbocycles. The van der Waals surface area contributed by atoms with Crippen molar-refractivity contribution < 1.29 is 9.18 Å². The van der Waals surface area contributed by atoms with E-state index in [4.69, 9.17) is 11.6 Å². The van der Waals surface area contributed by atoms with Crippen molar-refractivity contribution in [1.29, 1.82) is 0 Å². The molecule has 3 rings (SSSR count). The van der Waals surface area contributed by atoms with Gasteiger partial charge in [0.05, 0.1) is 21.8 Å². The Kier molecular flexibility index (Phi) is 3.13. The van der Waals surface area contributed by atoms with Crippen LogP contribution in [0.1, 0.15) is 32.1 Å². The van der Waals surface area contributed by atoms with E-state index in [1.165, 1.54) is 18.6 Å². The number of fused-ring (bicyclic) bond motifs is 1. The molecule has 0 saturated heterocycles. The highest BCUT2D eigenvalue weighted by atomic mass is 35.5. The van der Waals surface area contributed by atoms with Crippen molar-refractivity contribution in [2.24, 2.45) is 5.41 Å². The zero-order valence-corrected chi connectivity index (χ0v) is 11.3. The summed E-state index contributed by atoms with van der Waals surface area (Å²) < 4.78 is 13.5. The molecular formula is C14H16ClFN2O. The fourth-order valence-corrected chi connectivity index (χ4v) is 3.19. The fourth-order valence-electron chi connectivity index (χ4n) is 3.03. The van der Waals surface area contributed by atoms with Crippen LogP contribution >= 0.6 is 11.6 Å². The van der Waals surface area contributed by atoms with Gasteiger partial charge in [-0.25, -0.2) is 4.39 Å². The molecule has 0 aromatic heterocycles. The third-order valence-electron chi connectivity index (χ3n) is 4.22. The van der Waals surface area contributed by atoms with Crippen LogP contribution in [0, 0.1) is 11.2 Å². The Hall–Kier alpha value is -1.29. The molecule has 1 amide bonds. The molecule has 1 saturated carbocycles. The summed E-state index contributed by atoms with van der Waals surface area (Å²) in [6.45, 7) is 0.591. The van der Waals surface area contributed by atoms with Gasteiger partial charge in [0.2, 0.25) is 5.91 Å². The van der Waals surface area contributed by atoms with Crippen LogP contribution in [0.3, 0.4) is 0 Å².